The molecule has 30 heavy (non-hydrogen) atoms. The molecule has 0 spiro atoms. The number of aromatic nitrogens is 3. The molecule has 0 fully saturated rings. The van der Waals surface area contributed by atoms with Crippen LogP contribution in [0.25, 0.3) is 16.7 Å². The lowest BCUT2D eigenvalue weighted by Crippen LogP contribution is -2.12. The fourth-order valence-corrected chi connectivity index (χ4v) is 3.36. The van der Waals surface area contributed by atoms with E-state index in [0.29, 0.717) is 24.1 Å². The highest BCUT2D eigenvalue weighted by atomic mass is 16.1. The predicted molar refractivity (Wildman–Crippen MR) is 117 cm³/mol. The fraction of sp³-hybridized carbons (Fsp3) is 0.167. The number of benzene rings is 2. The van der Waals surface area contributed by atoms with E-state index >= 15 is 0 Å². The maximum atomic E-state index is 12.3. The van der Waals surface area contributed by atoms with Gasteiger partial charge in [0, 0.05) is 23.8 Å². The van der Waals surface area contributed by atoms with Crippen LogP contribution in [0.3, 0.4) is 0 Å². The lowest BCUT2D eigenvalue weighted by Gasteiger charge is -2.06. The summed E-state index contributed by atoms with van der Waals surface area (Å²) in [4.78, 5) is 29.0. The van der Waals surface area contributed by atoms with Crippen molar-refractivity contribution in [3.05, 3.63) is 84.2 Å². The number of fused-ring (bicyclic) bond motifs is 1. The van der Waals surface area contributed by atoms with E-state index < -0.39 is 0 Å². The van der Waals surface area contributed by atoms with E-state index in [1.54, 1.807) is 23.0 Å². The first-order valence-corrected chi connectivity index (χ1v) is 9.91. The normalized spacial score (nSPS) is 10.8. The number of aryl methyl sites for hydroxylation is 1. The lowest BCUT2D eigenvalue weighted by molar-refractivity contribution is -0.116. The Bertz CT molecular complexity index is 1180. The van der Waals surface area contributed by atoms with Crippen LogP contribution in [0.1, 0.15) is 35.3 Å². The van der Waals surface area contributed by atoms with Gasteiger partial charge in [-0.3, -0.25) is 9.59 Å². The monoisotopic (exact) mass is 398 g/mol. The number of carbonyl (C=O) groups excluding carboxylic acids is 2. The summed E-state index contributed by atoms with van der Waals surface area (Å²) in [5.41, 5.74) is 3.81. The summed E-state index contributed by atoms with van der Waals surface area (Å²) < 4.78 is 1.80. The molecule has 0 aliphatic carbocycles. The van der Waals surface area contributed by atoms with E-state index in [2.05, 4.69) is 15.4 Å². The Hall–Kier alpha value is -3.80. The van der Waals surface area contributed by atoms with E-state index in [1.165, 1.54) is 0 Å². The number of ketones is 1. The molecule has 1 N–H and O–H groups in total. The molecular formula is C24H22N4O2. The van der Waals surface area contributed by atoms with Crippen molar-refractivity contribution in [1.29, 1.82) is 0 Å². The molecule has 2 aromatic heterocycles. The van der Waals surface area contributed by atoms with Gasteiger partial charge in [0.25, 0.3) is 0 Å². The molecule has 0 radical (unpaired) electrons. The van der Waals surface area contributed by atoms with Crippen LogP contribution in [0.2, 0.25) is 0 Å². The van der Waals surface area contributed by atoms with Crippen LogP contribution in [0, 0.1) is 6.92 Å². The first-order valence-electron chi connectivity index (χ1n) is 9.91. The summed E-state index contributed by atoms with van der Waals surface area (Å²) in [6.07, 6.45) is 2.76. The van der Waals surface area contributed by atoms with Gasteiger partial charge in [-0.2, -0.15) is 5.10 Å². The number of pyridine rings is 1. The lowest BCUT2D eigenvalue weighted by atomic mass is 10.1. The van der Waals surface area contributed by atoms with E-state index in [1.807, 2.05) is 61.5 Å². The molecular weight excluding hydrogens is 376 g/mol. The molecule has 4 aromatic rings. The first-order chi connectivity index (χ1) is 14.6. The molecule has 1 amide bonds. The van der Waals surface area contributed by atoms with Gasteiger partial charge in [0.15, 0.2) is 11.4 Å². The van der Waals surface area contributed by atoms with Gasteiger partial charge in [-0.1, -0.05) is 48.5 Å². The Morgan fingerprint density at radius 2 is 1.67 bits per heavy atom. The van der Waals surface area contributed by atoms with Crippen molar-refractivity contribution in [3.8, 4) is 5.69 Å². The number of hydrogen-bond donors (Lipinski definition) is 1. The van der Waals surface area contributed by atoms with E-state index in [4.69, 9.17) is 0 Å². The Kier molecular flexibility index (Phi) is 5.66. The van der Waals surface area contributed by atoms with Gasteiger partial charge in [-0.25, -0.2) is 9.67 Å². The molecule has 4 rings (SSSR count). The third-order valence-corrected chi connectivity index (χ3v) is 4.90. The minimum absolute atomic E-state index is 0.0513. The van der Waals surface area contributed by atoms with Gasteiger partial charge in [0.05, 0.1) is 23.3 Å². The summed E-state index contributed by atoms with van der Waals surface area (Å²) in [6.45, 7) is 1.92. The van der Waals surface area contributed by atoms with Crippen molar-refractivity contribution in [2.75, 3.05) is 5.32 Å². The number of anilines is 1. The number of para-hydroxylation sites is 1. The zero-order valence-corrected chi connectivity index (χ0v) is 16.7. The Morgan fingerprint density at radius 3 is 2.40 bits per heavy atom. The molecule has 2 heterocycles. The largest absolute Gasteiger partial charge is 0.325 e. The quantitative estimate of drug-likeness (QED) is 0.457. The molecule has 0 aliphatic heterocycles. The van der Waals surface area contributed by atoms with E-state index in [-0.39, 0.29) is 18.1 Å². The fourth-order valence-electron chi connectivity index (χ4n) is 3.36. The smallest absolute Gasteiger partial charge is 0.224 e. The molecule has 0 bridgehead atoms. The van der Waals surface area contributed by atoms with Gasteiger partial charge in [0.2, 0.25) is 5.91 Å². The van der Waals surface area contributed by atoms with Crippen molar-refractivity contribution < 1.29 is 9.59 Å². The van der Waals surface area contributed by atoms with Crippen LogP contribution >= 0.6 is 0 Å². The van der Waals surface area contributed by atoms with Crippen molar-refractivity contribution in [2.24, 2.45) is 0 Å². The second-order valence-electron chi connectivity index (χ2n) is 7.12. The predicted octanol–water partition coefficient (Wildman–Crippen LogP) is 4.72. The van der Waals surface area contributed by atoms with Crippen LogP contribution < -0.4 is 5.32 Å². The second kappa shape index (κ2) is 8.69. The van der Waals surface area contributed by atoms with Gasteiger partial charge in [0.1, 0.15) is 0 Å². The molecule has 0 saturated carbocycles. The third kappa shape index (κ3) is 4.27. The molecule has 2 aromatic carbocycles. The third-order valence-electron chi connectivity index (χ3n) is 4.90. The number of hydrogen-bond acceptors (Lipinski definition) is 4. The van der Waals surface area contributed by atoms with Crippen molar-refractivity contribution >= 4 is 28.4 Å². The van der Waals surface area contributed by atoms with Crippen LogP contribution in [-0.2, 0) is 4.79 Å². The van der Waals surface area contributed by atoms with Gasteiger partial charge in [-0.15, -0.1) is 0 Å². The Morgan fingerprint density at radius 1 is 0.967 bits per heavy atom. The van der Waals surface area contributed by atoms with Gasteiger partial charge in [-0.05, 0) is 31.5 Å². The Labute approximate surface area is 174 Å². The average Bonchev–Trinajstić information content (AvgIpc) is 3.11. The summed E-state index contributed by atoms with van der Waals surface area (Å²) in [7, 11) is 0. The highest BCUT2D eigenvalue weighted by molar-refractivity contribution is 5.97. The molecule has 0 unspecified atom stereocenters. The van der Waals surface area contributed by atoms with Crippen molar-refractivity contribution in [2.45, 2.75) is 26.2 Å². The molecule has 0 aliphatic rings. The van der Waals surface area contributed by atoms with Crippen LogP contribution in [0.4, 0.5) is 5.69 Å². The summed E-state index contributed by atoms with van der Waals surface area (Å²) in [5.74, 6) is -0.0828. The molecule has 6 heteroatoms. The van der Waals surface area contributed by atoms with Crippen LogP contribution in [0.5, 0.6) is 0 Å². The maximum absolute atomic E-state index is 12.3. The zero-order chi connectivity index (χ0) is 20.9. The number of rotatable bonds is 7. The number of carbonyl (C=O) groups is 2. The number of amides is 1. The standard InChI is InChI=1S/C24H22N4O2/c1-17-21-15-19(16-25-24(21)28(27-17)20-11-6-3-7-12-20)26-23(30)14-8-13-22(29)18-9-4-2-5-10-18/h2-7,9-12,15-16H,8,13-14H2,1H3,(H,26,30). The highest BCUT2D eigenvalue weighted by Gasteiger charge is 2.13. The molecule has 0 atom stereocenters. The minimum atomic E-state index is -0.134. The molecule has 0 saturated heterocycles. The molecule has 6 nitrogen and oxygen atoms in total. The average molecular weight is 398 g/mol. The van der Waals surface area contributed by atoms with Gasteiger partial charge >= 0.3 is 0 Å². The number of Topliss-reactive ketones (excluding diaryl/α,β-unsaturated/α-hetero) is 1. The topological polar surface area (TPSA) is 76.9 Å². The van der Waals surface area contributed by atoms with E-state index in [9.17, 15) is 9.59 Å². The summed E-state index contributed by atoms with van der Waals surface area (Å²) in [5, 5.41) is 8.34. The minimum Gasteiger partial charge on any atom is -0.325 e. The zero-order valence-electron chi connectivity index (χ0n) is 16.7. The van der Waals surface area contributed by atoms with Gasteiger partial charge < -0.3 is 5.32 Å². The second-order valence-corrected chi connectivity index (χ2v) is 7.12. The highest BCUT2D eigenvalue weighted by Crippen LogP contribution is 2.23. The summed E-state index contributed by atoms with van der Waals surface area (Å²) in [6, 6.07) is 20.8. The maximum Gasteiger partial charge on any atom is 0.224 e. The van der Waals surface area contributed by atoms with Crippen molar-refractivity contribution in [3.63, 3.8) is 0 Å². The molecule has 150 valence electrons. The van der Waals surface area contributed by atoms with Crippen molar-refractivity contribution in [1.82, 2.24) is 14.8 Å². The Balaban J connectivity index is 1.40. The van der Waals surface area contributed by atoms with E-state index in [0.717, 1.165) is 22.4 Å². The summed E-state index contributed by atoms with van der Waals surface area (Å²) >= 11 is 0. The number of nitrogens with zero attached hydrogens (tertiary/aromatic N) is 3. The SMILES string of the molecule is Cc1nn(-c2ccccc2)c2ncc(NC(=O)CCCC(=O)c3ccccc3)cc12. The van der Waals surface area contributed by atoms with Crippen LogP contribution in [-0.4, -0.2) is 26.5 Å². The number of nitrogens with one attached hydrogen (secondary N) is 1. The van der Waals surface area contributed by atoms with Crippen LogP contribution in [0.15, 0.2) is 72.9 Å². The first kappa shape index (κ1) is 19.5.